The first-order valence-electron chi connectivity index (χ1n) is 6.44. The molecule has 0 bridgehead atoms. The molecule has 18 heavy (non-hydrogen) atoms. The van der Waals surface area contributed by atoms with Gasteiger partial charge in [0.15, 0.2) is 0 Å². The van der Waals surface area contributed by atoms with Gasteiger partial charge >= 0.3 is 0 Å². The predicted molar refractivity (Wildman–Crippen MR) is 79.8 cm³/mol. The van der Waals surface area contributed by atoms with Crippen molar-refractivity contribution in [2.24, 2.45) is 0 Å². The average Bonchev–Trinajstić information content (AvgIpc) is 3.18. The molecule has 0 amide bonds. The third-order valence-corrected chi connectivity index (χ3v) is 4.02. The van der Waals surface area contributed by atoms with Gasteiger partial charge in [0, 0.05) is 23.2 Å². The fourth-order valence-corrected chi connectivity index (χ4v) is 2.40. The monoisotopic (exact) mass is 285 g/mol. The molecule has 1 aromatic rings. The van der Waals surface area contributed by atoms with Gasteiger partial charge in [-0.05, 0) is 43.4 Å². The molecule has 1 aromatic carbocycles. The van der Waals surface area contributed by atoms with Gasteiger partial charge in [0.25, 0.3) is 0 Å². The summed E-state index contributed by atoms with van der Waals surface area (Å²) in [6.45, 7) is 1.57. The van der Waals surface area contributed by atoms with Crippen LogP contribution in [0.1, 0.15) is 24.8 Å². The number of nitrogens with one attached hydrogen (secondary N) is 1. The van der Waals surface area contributed by atoms with Gasteiger partial charge in [-0.3, -0.25) is 0 Å². The van der Waals surface area contributed by atoms with Crippen LogP contribution in [0.2, 0.25) is 5.02 Å². The molecule has 0 saturated heterocycles. The minimum absolute atomic E-state index is 0.686. The maximum atomic E-state index is 6.25. The molecule has 0 heterocycles. The van der Waals surface area contributed by atoms with E-state index < -0.39 is 0 Å². The summed E-state index contributed by atoms with van der Waals surface area (Å²) in [6.07, 6.45) is 5.76. The lowest BCUT2D eigenvalue weighted by Crippen LogP contribution is -2.16. The Hall–Kier alpha value is -0.380. The molecule has 0 atom stereocenters. The molecule has 0 aliphatic heterocycles. The summed E-state index contributed by atoms with van der Waals surface area (Å²) in [7, 11) is 0. The van der Waals surface area contributed by atoms with Gasteiger partial charge < -0.3 is 10.1 Å². The Balaban J connectivity index is 1.91. The zero-order valence-electron chi connectivity index (χ0n) is 10.7. The minimum Gasteiger partial charge on any atom is -0.493 e. The standard InChI is InChI=1S/C14H20ClNOS/c1-18-9-3-8-17-14-5-2-4-13(15)12(14)10-16-11-6-7-11/h2,4-5,11,16H,3,6-10H2,1H3. The highest BCUT2D eigenvalue weighted by Gasteiger charge is 2.21. The van der Waals surface area contributed by atoms with Gasteiger partial charge in [0.1, 0.15) is 5.75 Å². The number of rotatable bonds is 8. The van der Waals surface area contributed by atoms with Gasteiger partial charge in [-0.2, -0.15) is 11.8 Å². The van der Waals surface area contributed by atoms with Crippen molar-refractivity contribution in [1.29, 1.82) is 0 Å². The van der Waals surface area contributed by atoms with Crippen molar-refractivity contribution in [3.63, 3.8) is 0 Å². The van der Waals surface area contributed by atoms with Crippen LogP contribution in [-0.2, 0) is 6.54 Å². The van der Waals surface area contributed by atoms with E-state index >= 15 is 0 Å². The third kappa shape index (κ3) is 4.38. The van der Waals surface area contributed by atoms with Crippen LogP contribution in [-0.4, -0.2) is 24.7 Å². The van der Waals surface area contributed by atoms with E-state index in [2.05, 4.69) is 11.6 Å². The van der Waals surface area contributed by atoms with E-state index in [0.29, 0.717) is 6.04 Å². The molecule has 0 unspecified atom stereocenters. The van der Waals surface area contributed by atoms with Crippen molar-refractivity contribution in [3.05, 3.63) is 28.8 Å². The molecule has 100 valence electrons. The molecule has 0 aromatic heterocycles. The van der Waals surface area contributed by atoms with Crippen molar-refractivity contribution < 1.29 is 4.74 Å². The summed E-state index contributed by atoms with van der Waals surface area (Å²) >= 11 is 8.10. The first-order valence-corrected chi connectivity index (χ1v) is 8.21. The number of hydrogen-bond acceptors (Lipinski definition) is 3. The Bertz CT molecular complexity index is 382. The van der Waals surface area contributed by atoms with Gasteiger partial charge in [0.2, 0.25) is 0 Å². The van der Waals surface area contributed by atoms with Crippen molar-refractivity contribution >= 4 is 23.4 Å². The van der Waals surface area contributed by atoms with Crippen LogP contribution in [0.4, 0.5) is 0 Å². The highest BCUT2D eigenvalue weighted by Crippen LogP contribution is 2.28. The number of halogens is 1. The van der Waals surface area contributed by atoms with Crippen LogP contribution in [0, 0.1) is 0 Å². The lowest BCUT2D eigenvalue weighted by atomic mass is 10.2. The maximum absolute atomic E-state index is 6.25. The Morgan fingerprint density at radius 2 is 2.28 bits per heavy atom. The van der Waals surface area contributed by atoms with Crippen molar-refractivity contribution in [3.8, 4) is 5.75 Å². The van der Waals surface area contributed by atoms with Crippen LogP contribution in [0.5, 0.6) is 5.75 Å². The van der Waals surface area contributed by atoms with Gasteiger partial charge in [-0.1, -0.05) is 17.7 Å². The number of benzene rings is 1. The Morgan fingerprint density at radius 1 is 1.44 bits per heavy atom. The summed E-state index contributed by atoms with van der Waals surface area (Å²) in [5.74, 6) is 2.06. The largest absolute Gasteiger partial charge is 0.493 e. The number of hydrogen-bond donors (Lipinski definition) is 1. The second kappa shape index (κ2) is 7.27. The van der Waals surface area contributed by atoms with Gasteiger partial charge in [-0.25, -0.2) is 0 Å². The summed E-state index contributed by atoms with van der Waals surface area (Å²) in [6, 6.07) is 6.58. The predicted octanol–water partition coefficient (Wildman–Crippen LogP) is 3.72. The molecular weight excluding hydrogens is 266 g/mol. The summed E-state index contributed by atoms with van der Waals surface area (Å²) in [5, 5.41) is 4.28. The van der Waals surface area contributed by atoms with Crippen LogP contribution in [0.15, 0.2) is 18.2 Å². The van der Waals surface area contributed by atoms with E-state index in [1.54, 1.807) is 0 Å². The SMILES string of the molecule is CSCCCOc1cccc(Cl)c1CNC1CC1. The molecule has 1 saturated carbocycles. The van der Waals surface area contributed by atoms with Crippen LogP contribution >= 0.6 is 23.4 Å². The quantitative estimate of drug-likeness (QED) is 0.736. The third-order valence-electron chi connectivity index (χ3n) is 2.97. The highest BCUT2D eigenvalue weighted by atomic mass is 35.5. The molecule has 1 aliphatic rings. The number of ether oxygens (including phenoxy) is 1. The maximum Gasteiger partial charge on any atom is 0.125 e. The highest BCUT2D eigenvalue weighted by molar-refractivity contribution is 7.98. The first-order chi connectivity index (χ1) is 8.81. The van der Waals surface area contributed by atoms with Gasteiger partial charge in [-0.15, -0.1) is 0 Å². The molecule has 2 nitrogen and oxygen atoms in total. The molecule has 4 heteroatoms. The molecule has 1 fully saturated rings. The summed E-state index contributed by atoms with van der Waals surface area (Å²) in [4.78, 5) is 0. The smallest absolute Gasteiger partial charge is 0.125 e. The minimum atomic E-state index is 0.686. The Kier molecular flexibility index (Phi) is 5.67. The molecule has 0 radical (unpaired) electrons. The van der Waals surface area contributed by atoms with E-state index in [1.165, 1.54) is 12.8 Å². The molecule has 1 aliphatic carbocycles. The summed E-state index contributed by atoms with van der Waals surface area (Å²) < 4.78 is 5.83. The lowest BCUT2D eigenvalue weighted by Gasteiger charge is -2.13. The van der Waals surface area contributed by atoms with E-state index in [4.69, 9.17) is 16.3 Å². The second-order valence-electron chi connectivity index (χ2n) is 4.57. The van der Waals surface area contributed by atoms with E-state index in [-0.39, 0.29) is 0 Å². The van der Waals surface area contributed by atoms with Crippen molar-refractivity contribution in [1.82, 2.24) is 5.32 Å². The Morgan fingerprint density at radius 3 is 3.00 bits per heavy atom. The second-order valence-corrected chi connectivity index (χ2v) is 5.96. The molecular formula is C14H20ClNOS. The molecule has 1 N–H and O–H groups in total. The summed E-state index contributed by atoms with van der Waals surface area (Å²) in [5.41, 5.74) is 1.09. The van der Waals surface area contributed by atoms with Crippen molar-refractivity contribution in [2.45, 2.75) is 31.8 Å². The topological polar surface area (TPSA) is 21.3 Å². The lowest BCUT2D eigenvalue weighted by molar-refractivity contribution is 0.314. The zero-order chi connectivity index (χ0) is 12.8. The van der Waals surface area contributed by atoms with E-state index in [1.807, 2.05) is 30.0 Å². The Labute approximate surface area is 118 Å². The van der Waals surface area contributed by atoms with Crippen molar-refractivity contribution in [2.75, 3.05) is 18.6 Å². The first kappa shape index (κ1) is 14.0. The van der Waals surface area contributed by atoms with Crippen LogP contribution in [0.25, 0.3) is 0 Å². The fraction of sp³-hybridized carbons (Fsp3) is 0.571. The fourth-order valence-electron chi connectivity index (χ4n) is 1.76. The normalized spacial score (nSPS) is 14.8. The number of thioether (sulfide) groups is 1. The van der Waals surface area contributed by atoms with E-state index in [0.717, 1.165) is 41.7 Å². The van der Waals surface area contributed by atoms with Gasteiger partial charge in [0.05, 0.1) is 6.61 Å². The van der Waals surface area contributed by atoms with E-state index in [9.17, 15) is 0 Å². The van der Waals surface area contributed by atoms with Crippen LogP contribution < -0.4 is 10.1 Å². The molecule has 0 spiro atoms. The zero-order valence-corrected chi connectivity index (χ0v) is 12.3. The molecule has 2 rings (SSSR count). The van der Waals surface area contributed by atoms with Crippen LogP contribution in [0.3, 0.4) is 0 Å². The average molecular weight is 286 g/mol.